The number of nitrogens with zero attached hydrogens (tertiary/aromatic N) is 1. The van der Waals surface area contributed by atoms with E-state index < -0.39 is 9.84 Å². The maximum absolute atomic E-state index is 12.3. The highest BCUT2D eigenvalue weighted by Crippen LogP contribution is 2.45. The van der Waals surface area contributed by atoms with Crippen molar-refractivity contribution >= 4 is 37.6 Å². The number of nitrogen functional groups attached to an aromatic ring is 1. The van der Waals surface area contributed by atoms with Gasteiger partial charge in [0.15, 0.2) is 15.6 Å². The number of carbonyl (C=O) groups is 1. The van der Waals surface area contributed by atoms with Gasteiger partial charge in [-0.15, -0.1) is 11.3 Å². The van der Waals surface area contributed by atoms with Crippen LogP contribution in [0.25, 0.3) is 0 Å². The molecule has 0 amide bonds. The lowest BCUT2D eigenvalue weighted by molar-refractivity contribution is 0.0972. The Balaban J connectivity index is 2.08. The summed E-state index contributed by atoms with van der Waals surface area (Å²) in [5, 5.41) is 0.585. The van der Waals surface area contributed by atoms with Crippen molar-refractivity contribution in [3.05, 3.63) is 4.88 Å². The van der Waals surface area contributed by atoms with Crippen molar-refractivity contribution < 1.29 is 17.9 Å². The van der Waals surface area contributed by atoms with Crippen LogP contribution >= 0.6 is 11.3 Å². The third kappa shape index (κ3) is 2.79. The fourth-order valence-corrected chi connectivity index (χ4v) is 5.24. The number of thiophene rings is 1. The summed E-state index contributed by atoms with van der Waals surface area (Å²) >= 11 is 1.21. The van der Waals surface area contributed by atoms with Crippen LogP contribution in [0.1, 0.15) is 22.5 Å². The van der Waals surface area contributed by atoms with Crippen LogP contribution in [0.3, 0.4) is 0 Å². The minimum atomic E-state index is -3.48. The molecule has 2 aliphatic rings. The Morgan fingerprint density at radius 1 is 1.33 bits per heavy atom. The molecule has 0 spiro atoms. The van der Waals surface area contributed by atoms with E-state index >= 15 is 0 Å². The van der Waals surface area contributed by atoms with Crippen LogP contribution in [0.2, 0.25) is 0 Å². The largest absolute Gasteiger partial charge is 0.396 e. The summed E-state index contributed by atoms with van der Waals surface area (Å²) < 4.78 is 29.5. The molecule has 1 aromatic heterocycles. The SMILES string of the molecule is CS(=O)(=O)c1c(N2CCOCC2)sc(C(=O)C2CC2)c1N. The minimum absolute atomic E-state index is 0.0121. The summed E-state index contributed by atoms with van der Waals surface area (Å²) in [6, 6.07) is 0. The van der Waals surface area contributed by atoms with Crippen LogP contribution in [0, 0.1) is 5.92 Å². The molecule has 2 fully saturated rings. The maximum Gasteiger partial charge on any atom is 0.180 e. The smallest absolute Gasteiger partial charge is 0.180 e. The van der Waals surface area contributed by atoms with Crippen molar-refractivity contribution in [2.75, 3.05) is 43.2 Å². The van der Waals surface area contributed by atoms with Crippen molar-refractivity contribution in [3.63, 3.8) is 0 Å². The lowest BCUT2D eigenvalue weighted by atomic mass is 10.2. The summed E-state index contributed by atoms with van der Waals surface area (Å²) in [4.78, 5) is 14.8. The van der Waals surface area contributed by atoms with E-state index in [0.29, 0.717) is 36.2 Å². The number of carbonyl (C=O) groups excluding carboxylic acids is 1. The van der Waals surface area contributed by atoms with Crippen molar-refractivity contribution in [2.24, 2.45) is 5.92 Å². The van der Waals surface area contributed by atoms with E-state index in [2.05, 4.69) is 0 Å². The molecule has 0 bridgehead atoms. The fourth-order valence-electron chi connectivity index (χ4n) is 2.46. The molecule has 8 heteroatoms. The molecule has 1 saturated heterocycles. The van der Waals surface area contributed by atoms with E-state index in [-0.39, 0.29) is 22.3 Å². The molecule has 0 aromatic carbocycles. The Kier molecular flexibility index (Phi) is 3.71. The number of rotatable bonds is 4. The van der Waals surface area contributed by atoms with E-state index in [1.807, 2.05) is 4.90 Å². The second kappa shape index (κ2) is 5.26. The molecular weight excluding hydrogens is 312 g/mol. The van der Waals surface area contributed by atoms with Crippen molar-refractivity contribution in [3.8, 4) is 0 Å². The van der Waals surface area contributed by atoms with E-state index in [1.54, 1.807) is 0 Å². The third-order valence-electron chi connectivity index (χ3n) is 3.72. The third-order valence-corrected chi connectivity index (χ3v) is 6.29. The van der Waals surface area contributed by atoms with Crippen molar-refractivity contribution in [2.45, 2.75) is 17.7 Å². The van der Waals surface area contributed by atoms with Gasteiger partial charge in [0.25, 0.3) is 0 Å². The average Bonchev–Trinajstić information content (AvgIpc) is 3.21. The van der Waals surface area contributed by atoms with E-state index in [4.69, 9.17) is 10.5 Å². The molecule has 0 unspecified atom stereocenters. The summed E-state index contributed by atoms with van der Waals surface area (Å²) in [7, 11) is -3.48. The monoisotopic (exact) mass is 330 g/mol. The zero-order valence-electron chi connectivity index (χ0n) is 11.8. The summed E-state index contributed by atoms with van der Waals surface area (Å²) in [5.41, 5.74) is 6.14. The van der Waals surface area contributed by atoms with Crippen LogP contribution < -0.4 is 10.6 Å². The number of sulfone groups is 1. The van der Waals surface area contributed by atoms with Crippen LogP contribution in [0.5, 0.6) is 0 Å². The van der Waals surface area contributed by atoms with Gasteiger partial charge < -0.3 is 15.4 Å². The summed E-state index contributed by atoms with van der Waals surface area (Å²) in [6.07, 6.45) is 2.88. The van der Waals surface area contributed by atoms with Crippen LogP contribution in [0.4, 0.5) is 10.7 Å². The number of nitrogens with two attached hydrogens (primary N) is 1. The molecule has 3 rings (SSSR count). The Bertz CT molecular complexity index is 671. The molecule has 116 valence electrons. The first-order valence-electron chi connectivity index (χ1n) is 6.89. The number of ether oxygens (including phenoxy) is 1. The van der Waals surface area contributed by atoms with Gasteiger partial charge in [0, 0.05) is 25.3 Å². The molecule has 1 aliphatic heterocycles. The minimum Gasteiger partial charge on any atom is -0.396 e. The molecule has 21 heavy (non-hydrogen) atoms. The average molecular weight is 330 g/mol. The zero-order chi connectivity index (χ0) is 15.2. The number of Topliss-reactive ketones (excluding diaryl/α,β-unsaturated/α-hetero) is 1. The van der Waals surface area contributed by atoms with E-state index in [0.717, 1.165) is 19.1 Å². The fraction of sp³-hybridized carbons (Fsp3) is 0.615. The highest BCUT2D eigenvalue weighted by molar-refractivity contribution is 7.91. The zero-order valence-corrected chi connectivity index (χ0v) is 13.4. The molecule has 2 N–H and O–H groups in total. The lowest BCUT2D eigenvalue weighted by Crippen LogP contribution is -2.36. The Hall–Kier alpha value is -1.12. The van der Waals surface area contributed by atoms with Gasteiger partial charge in [0.1, 0.15) is 9.90 Å². The molecule has 1 aromatic rings. The van der Waals surface area contributed by atoms with E-state index in [1.165, 1.54) is 11.3 Å². The highest BCUT2D eigenvalue weighted by atomic mass is 32.2. The predicted molar refractivity (Wildman–Crippen MR) is 81.9 cm³/mol. The number of anilines is 2. The van der Waals surface area contributed by atoms with Gasteiger partial charge in [-0.2, -0.15) is 0 Å². The van der Waals surface area contributed by atoms with E-state index in [9.17, 15) is 13.2 Å². The molecular formula is C13H18N2O4S2. The molecule has 2 heterocycles. The molecule has 6 nitrogen and oxygen atoms in total. The van der Waals surface area contributed by atoms with Gasteiger partial charge in [-0.25, -0.2) is 8.42 Å². The van der Waals surface area contributed by atoms with Crippen LogP contribution in [0.15, 0.2) is 4.90 Å². The predicted octanol–water partition coefficient (Wildman–Crippen LogP) is 1.16. The first-order valence-corrected chi connectivity index (χ1v) is 9.59. The van der Waals surface area contributed by atoms with Gasteiger partial charge in [0.05, 0.1) is 23.8 Å². The molecule has 0 atom stereocenters. The first kappa shape index (κ1) is 14.8. The summed E-state index contributed by atoms with van der Waals surface area (Å²) in [6.45, 7) is 2.32. The topological polar surface area (TPSA) is 89.7 Å². The van der Waals surface area contributed by atoms with Crippen LogP contribution in [-0.2, 0) is 14.6 Å². The molecule has 0 radical (unpaired) electrons. The Morgan fingerprint density at radius 2 is 1.95 bits per heavy atom. The quantitative estimate of drug-likeness (QED) is 0.833. The lowest BCUT2D eigenvalue weighted by Gasteiger charge is -2.28. The highest BCUT2D eigenvalue weighted by Gasteiger charge is 2.36. The first-order chi connectivity index (χ1) is 9.89. The van der Waals surface area contributed by atoms with Gasteiger partial charge in [-0.05, 0) is 12.8 Å². The number of hydrogen-bond donors (Lipinski definition) is 1. The van der Waals surface area contributed by atoms with Crippen molar-refractivity contribution in [1.29, 1.82) is 0 Å². The molecule has 1 saturated carbocycles. The summed E-state index contributed by atoms with van der Waals surface area (Å²) in [5.74, 6) is 0.0119. The van der Waals surface area contributed by atoms with Gasteiger partial charge in [-0.1, -0.05) is 0 Å². The Labute approximate surface area is 127 Å². The van der Waals surface area contributed by atoms with Crippen molar-refractivity contribution in [1.82, 2.24) is 0 Å². The number of ketones is 1. The van der Waals surface area contributed by atoms with Gasteiger partial charge in [-0.3, -0.25) is 4.79 Å². The standard InChI is InChI=1S/C13H18N2O4S2/c1-21(17,18)12-9(14)11(10(16)8-2-3-8)20-13(12)15-4-6-19-7-5-15/h8H,2-7,14H2,1H3. The molecule has 1 aliphatic carbocycles. The van der Waals surface area contributed by atoms with Gasteiger partial charge >= 0.3 is 0 Å². The second-order valence-corrected chi connectivity index (χ2v) is 8.44. The second-order valence-electron chi connectivity index (χ2n) is 5.49. The Morgan fingerprint density at radius 3 is 2.48 bits per heavy atom. The number of morpholine rings is 1. The van der Waals surface area contributed by atoms with Crippen LogP contribution in [-0.4, -0.2) is 46.8 Å². The normalized spacial score (nSPS) is 19.8. The number of hydrogen-bond acceptors (Lipinski definition) is 7. The maximum atomic E-state index is 12.3. The van der Waals surface area contributed by atoms with Gasteiger partial charge in [0.2, 0.25) is 0 Å².